The summed E-state index contributed by atoms with van der Waals surface area (Å²) in [6, 6.07) is 4.51. The monoisotopic (exact) mass is 348 g/mol. The normalized spacial score (nSPS) is 20.6. The molecular formula is C17H21FN4O3. The lowest BCUT2D eigenvalue weighted by Gasteiger charge is -2.41. The van der Waals surface area contributed by atoms with E-state index in [1.54, 1.807) is 26.1 Å². The molecule has 1 fully saturated rings. The predicted molar refractivity (Wildman–Crippen MR) is 88.8 cm³/mol. The minimum absolute atomic E-state index is 0.162. The van der Waals surface area contributed by atoms with Crippen molar-refractivity contribution in [3.63, 3.8) is 0 Å². The minimum Gasteiger partial charge on any atom is -0.386 e. The van der Waals surface area contributed by atoms with Gasteiger partial charge in [0.2, 0.25) is 0 Å². The molecule has 134 valence electrons. The second-order valence-electron chi connectivity index (χ2n) is 6.57. The molecule has 0 spiro atoms. The molecule has 7 nitrogen and oxygen atoms in total. The molecule has 0 saturated carbocycles. The molecule has 0 aliphatic carbocycles. The zero-order chi connectivity index (χ0) is 18.0. The number of pyridine rings is 1. The van der Waals surface area contributed by atoms with Gasteiger partial charge < -0.3 is 19.4 Å². The van der Waals surface area contributed by atoms with Gasteiger partial charge in [-0.05, 0) is 31.9 Å². The van der Waals surface area contributed by atoms with Crippen LogP contribution in [-0.4, -0.2) is 58.3 Å². The molecular weight excluding hydrogens is 327 g/mol. The average Bonchev–Trinajstić information content (AvgIpc) is 3.01. The van der Waals surface area contributed by atoms with Crippen molar-refractivity contribution in [2.24, 2.45) is 0 Å². The first-order valence-electron chi connectivity index (χ1n) is 8.14. The number of β-amino-alcohol motifs (C(OH)–C–C–N with tert-alkyl or cyclic N) is 1. The quantitative estimate of drug-likeness (QED) is 0.904. The number of piperidine rings is 1. The van der Waals surface area contributed by atoms with E-state index in [4.69, 9.17) is 4.52 Å². The highest BCUT2D eigenvalue weighted by atomic mass is 19.1. The van der Waals surface area contributed by atoms with Gasteiger partial charge >= 0.3 is 0 Å². The van der Waals surface area contributed by atoms with Crippen LogP contribution in [0.5, 0.6) is 0 Å². The van der Waals surface area contributed by atoms with Gasteiger partial charge in [-0.25, -0.2) is 9.37 Å². The Kier molecular flexibility index (Phi) is 4.71. The van der Waals surface area contributed by atoms with Crippen molar-refractivity contribution in [2.75, 3.05) is 31.6 Å². The van der Waals surface area contributed by atoms with Crippen LogP contribution in [-0.2, 0) is 0 Å². The SMILES string of the molecule is Cc1cc(C(=O)N(C)C[C@]2(O)CCCN(c3ccc(F)cn3)C2)no1. The van der Waals surface area contributed by atoms with Gasteiger partial charge in [-0.1, -0.05) is 5.16 Å². The molecule has 1 N–H and O–H groups in total. The van der Waals surface area contributed by atoms with Gasteiger partial charge in [-0.15, -0.1) is 0 Å². The van der Waals surface area contributed by atoms with Gasteiger partial charge in [-0.2, -0.15) is 0 Å². The van der Waals surface area contributed by atoms with Crippen molar-refractivity contribution < 1.29 is 18.8 Å². The molecule has 25 heavy (non-hydrogen) atoms. The average molecular weight is 348 g/mol. The van der Waals surface area contributed by atoms with Crippen molar-refractivity contribution in [1.82, 2.24) is 15.0 Å². The molecule has 2 aromatic heterocycles. The summed E-state index contributed by atoms with van der Waals surface area (Å²) >= 11 is 0. The van der Waals surface area contributed by atoms with E-state index in [-0.39, 0.29) is 18.1 Å². The summed E-state index contributed by atoms with van der Waals surface area (Å²) in [5.41, 5.74) is -0.853. The summed E-state index contributed by atoms with van der Waals surface area (Å²) in [6.07, 6.45) is 2.48. The zero-order valence-corrected chi connectivity index (χ0v) is 14.3. The first-order valence-corrected chi connectivity index (χ1v) is 8.14. The summed E-state index contributed by atoms with van der Waals surface area (Å²) in [5, 5.41) is 14.7. The van der Waals surface area contributed by atoms with Crippen molar-refractivity contribution >= 4 is 11.7 Å². The number of anilines is 1. The summed E-state index contributed by atoms with van der Waals surface area (Å²) in [5.74, 6) is 0.467. The summed E-state index contributed by atoms with van der Waals surface area (Å²) in [4.78, 5) is 19.8. The highest BCUT2D eigenvalue weighted by molar-refractivity contribution is 5.92. The molecule has 2 aromatic rings. The van der Waals surface area contributed by atoms with Gasteiger partial charge in [0.15, 0.2) is 5.69 Å². The van der Waals surface area contributed by atoms with Crippen molar-refractivity contribution in [3.8, 4) is 0 Å². The number of aryl methyl sites for hydroxylation is 1. The van der Waals surface area contributed by atoms with E-state index in [1.807, 2.05) is 4.90 Å². The fraction of sp³-hybridized carbons (Fsp3) is 0.471. The van der Waals surface area contributed by atoms with Crippen LogP contribution in [0.25, 0.3) is 0 Å². The number of likely N-dealkylation sites (N-methyl/N-ethyl adjacent to an activating group) is 1. The number of carbonyl (C=O) groups excluding carboxylic acids is 1. The second kappa shape index (κ2) is 6.79. The highest BCUT2D eigenvalue weighted by Gasteiger charge is 2.36. The lowest BCUT2D eigenvalue weighted by Crippen LogP contribution is -2.54. The molecule has 1 amide bonds. The smallest absolute Gasteiger partial charge is 0.275 e. The van der Waals surface area contributed by atoms with E-state index < -0.39 is 11.4 Å². The maximum Gasteiger partial charge on any atom is 0.275 e. The first kappa shape index (κ1) is 17.3. The molecule has 0 radical (unpaired) electrons. The number of hydrogen-bond donors (Lipinski definition) is 1. The molecule has 1 saturated heterocycles. The Morgan fingerprint density at radius 2 is 2.32 bits per heavy atom. The maximum atomic E-state index is 13.0. The fourth-order valence-electron chi connectivity index (χ4n) is 3.17. The van der Waals surface area contributed by atoms with E-state index in [9.17, 15) is 14.3 Å². The molecule has 0 aromatic carbocycles. The lowest BCUT2D eigenvalue weighted by molar-refractivity contribution is -0.000380. The Hall–Kier alpha value is -2.48. The Bertz CT molecular complexity index is 749. The summed E-state index contributed by atoms with van der Waals surface area (Å²) < 4.78 is 18.0. The van der Waals surface area contributed by atoms with Crippen molar-refractivity contribution in [1.29, 1.82) is 0 Å². The van der Waals surface area contributed by atoms with Crippen LogP contribution in [0, 0.1) is 12.7 Å². The van der Waals surface area contributed by atoms with Crippen molar-refractivity contribution in [3.05, 3.63) is 41.7 Å². The Balaban J connectivity index is 1.68. The lowest BCUT2D eigenvalue weighted by atomic mass is 9.92. The third-order valence-corrected chi connectivity index (χ3v) is 4.32. The summed E-state index contributed by atoms with van der Waals surface area (Å²) in [7, 11) is 1.62. The molecule has 1 aliphatic heterocycles. The topological polar surface area (TPSA) is 82.7 Å². The Labute approximate surface area is 145 Å². The summed E-state index contributed by atoms with van der Waals surface area (Å²) in [6.45, 7) is 2.92. The number of amides is 1. The van der Waals surface area contributed by atoms with Crippen LogP contribution in [0.4, 0.5) is 10.2 Å². The van der Waals surface area contributed by atoms with Crippen LogP contribution in [0.1, 0.15) is 29.1 Å². The van der Waals surface area contributed by atoms with E-state index >= 15 is 0 Å². The van der Waals surface area contributed by atoms with Crippen LogP contribution in [0.15, 0.2) is 28.9 Å². The molecule has 8 heteroatoms. The molecule has 3 rings (SSSR count). The Morgan fingerprint density at radius 3 is 2.96 bits per heavy atom. The Morgan fingerprint density at radius 1 is 1.52 bits per heavy atom. The van der Waals surface area contributed by atoms with Gasteiger partial charge in [0.25, 0.3) is 5.91 Å². The maximum absolute atomic E-state index is 13.0. The molecule has 1 atom stereocenters. The zero-order valence-electron chi connectivity index (χ0n) is 14.3. The van der Waals surface area contributed by atoms with E-state index in [2.05, 4.69) is 10.1 Å². The molecule has 0 unspecified atom stereocenters. The number of hydrogen-bond acceptors (Lipinski definition) is 6. The van der Waals surface area contributed by atoms with Gasteiger partial charge in [-0.3, -0.25) is 4.79 Å². The van der Waals surface area contributed by atoms with E-state index in [1.165, 1.54) is 11.0 Å². The first-order chi connectivity index (χ1) is 11.9. The number of aliphatic hydroxyl groups is 1. The number of rotatable bonds is 4. The number of aromatic nitrogens is 2. The third-order valence-electron chi connectivity index (χ3n) is 4.32. The minimum atomic E-state index is -1.07. The van der Waals surface area contributed by atoms with Crippen LogP contribution in [0.3, 0.4) is 0 Å². The van der Waals surface area contributed by atoms with Gasteiger partial charge in [0.05, 0.1) is 18.3 Å². The number of carbonyl (C=O) groups is 1. The van der Waals surface area contributed by atoms with E-state index in [0.717, 1.165) is 19.2 Å². The number of halogens is 1. The van der Waals surface area contributed by atoms with Gasteiger partial charge in [0, 0.05) is 26.2 Å². The molecule has 3 heterocycles. The van der Waals surface area contributed by atoms with Crippen molar-refractivity contribution in [2.45, 2.75) is 25.4 Å². The van der Waals surface area contributed by atoms with Crippen LogP contribution < -0.4 is 4.90 Å². The number of nitrogens with zero attached hydrogens (tertiary/aromatic N) is 4. The van der Waals surface area contributed by atoms with Crippen LogP contribution in [0.2, 0.25) is 0 Å². The predicted octanol–water partition coefficient (Wildman–Crippen LogP) is 1.62. The van der Waals surface area contributed by atoms with E-state index in [0.29, 0.717) is 24.5 Å². The molecule has 1 aliphatic rings. The fourth-order valence-corrected chi connectivity index (χ4v) is 3.17. The second-order valence-corrected chi connectivity index (χ2v) is 6.57. The standard InChI is InChI=1S/C17H21FN4O3/c1-12-8-14(20-25-12)16(23)21(2)10-17(24)6-3-7-22(11-17)15-5-4-13(18)9-19-15/h4-5,8-9,24H,3,6-7,10-11H2,1-2H3/t17-/m1/s1. The largest absolute Gasteiger partial charge is 0.386 e. The van der Waals surface area contributed by atoms with Crippen LogP contribution >= 0.6 is 0 Å². The molecule has 0 bridgehead atoms. The van der Waals surface area contributed by atoms with Gasteiger partial charge in [0.1, 0.15) is 17.4 Å². The third kappa shape index (κ3) is 3.96. The highest BCUT2D eigenvalue weighted by Crippen LogP contribution is 2.26.